The van der Waals surface area contributed by atoms with Crippen molar-refractivity contribution in [2.75, 3.05) is 25.9 Å². The SMILES string of the molecule is COc1ccccc1C(=O)NCc1ccc(-c2nn(C3CCCN(C=O)C3)c3ncnc(N)c23)cc1F. The Hall–Kier alpha value is -4.54. The van der Waals surface area contributed by atoms with Crippen LogP contribution in [-0.4, -0.2) is 57.2 Å². The van der Waals surface area contributed by atoms with Crippen molar-refractivity contribution in [2.24, 2.45) is 0 Å². The van der Waals surface area contributed by atoms with Gasteiger partial charge in [0.15, 0.2) is 5.65 Å². The number of nitrogen functional groups attached to an aromatic ring is 1. The number of piperidine rings is 1. The molecule has 190 valence electrons. The molecule has 3 heterocycles. The number of methoxy groups -OCH3 is 1. The number of carbonyl (C=O) groups excluding carboxylic acids is 2. The molecule has 1 aliphatic heterocycles. The van der Waals surface area contributed by atoms with Gasteiger partial charge >= 0.3 is 0 Å². The van der Waals surface area contributed by atoms with Crippen LogP contribution in [0.5, 0.6) is 5.75 Å². The molecule has 1 aliphatic rings. The van der Waals surface area contributed by atoms with Gasteiger partial charge in [0.2, 0.25) is 6.41 Å². The number of hydrogen-bond acceptors (Lipinski definition) is 7. The summed E-state index contributed by atoms with van der Waals surface area (Å²) in [7, 11) is 1.49. The van der Waals surface area contributed by atoms with E-state index in [0.29, 0.717) is 52.3 Å². The first-order valence-corrected chi connectivity index (χ1v) is 11.9. The van der Waals surface area contributed by atoms with Crippen LogP contribution in [0.15, 0.2) is 48.8 Å². The monoisotopic (exact) mass is 503 g/mol. The Kier molecular flexibility index (Phi) is 6.67. The zero-order valence-electron chi connectivity index (χ0n) is 20.2. The summed E-state index contributed by atoms with van der Waals surface area (Å²) in [4.78, 5) is 34.2. The molecule has 1 saturated heterocycles. The van der Waals surface area contributed by atoms with E-state index in [1.54, 1.807) is 46.0 Å². The molecule has 0 saturated carbocycles. The number of carbonyl (C=O) groups is 2. The standard InChI is InChI=1S/C26H26FN7O3/c1-37-21-7-3-2-6-19(21)26(36)29-12-17-9-8-16(11-20(17)27)23-22-24(28)30-14-31-25(22)34(32-23)18-5-4-10-33(13-18)15-35/h2-3,6-9,11,14-15,18H,4-5,10,12-13H2,1H3,(H,29,36)(H2,28,30,31). The Morgan fingerprint density at radius 2 is 2.11 bits per heavy atom. The van der Waals surface area contributed by atoms with Crippen molar-refractivity contribution in [1.82, 2.24) is 30.0 Å². The minimum atomic E-state index is -0.499. The fraction of sp³-hybridized carbons (Fsp3) is 0.269. The van der Waals surface area contributed by atoms with Crippen molar-refractivity contribution in [3.05, 3.63) is 65.7 Å². The van der Waals surface area contributed by atoms with Crippen molar-refractivity contribution in [3.8, 4) is 17.0 Å². The van der Waals surface area contributed by atoms with E-state index in [4.69, 9.17) is 15.6 Å². The van der Waals surface area contributed by atoms with Gasteiger partial charge in [0, 0.05) is 30.8 Å². The number of nitrogens with one attached hydrogen (secondary N) is 1. The number of ether oxygens (including phenoxy) is 1. The quantitative estimate of drug-likeness (QED) is 0.371. The minimum absolute atomic E-state index is 0.00691. The maximum atomic E-state index is 15.2. The summed E-state index contributed by atoms with van der Waals surface area (Å²) in [5.74, 6) is -0.191. The van der Waals surface area contributed by atoms with Crippen LogP contribution in [0.2, 0.25) is 0 Å². The summed E-state index contributed by atoms with van der Waals surface area (Å²) in [6.07, 6.45) is 3.87. The molecular weight excluding hydrogens is 477 g/mol. The van der Waals surface area contributed by atoms with Gasteiger partial charge in [-0.1, -0.05) is 24.3 Å². The maximum Gasteiger partial charge on any atom is 0.255 e. The number of anilines is 1. The highest BCUT2D eigenvalue weighted by molar-refractivity contribution is 5.98. The first-order valence-electron chi connectivity index (χ1n) is 11.9. The molecule has 2 aromatic carbocycles. The molecule has 5 rings (SSSR count). The lowest BCUT2D eigenvalue weighted by molar-refractivity contribution is -0.119. The van der Waals surface area contributed by atoms with Gasteiger partial charge < -0.3 is 20.7 Å². The number of halogens is 1. The highest BCUT2D eigenvalue weighted by Gasteiger charge is 2.26. The van der Waals surface area contributed by atoms with Gasteiger partial charge in [-0.2, -0.15) is 5.10 Å². The van der Waals surface area contributed by atoms with Gasteiger partial charge in [0.25, 0.3) is 5.91 Å². The summed E-state index contributed by atoms with van der Waals surface area (Å²) in [6.45, 7) is 1.19. The second-order valence-corrected chi connectivity index (χ2v) is 8.84. The number of fused-ring (bicyclic) bond motifs is 1. The van der Waals surface area contributed by atoms with E-state index in [2.05, 4.69) is 15.3 Å². The van der Waals surface area contributed by atoms with E-state index < -0.39 is 5.82 Å². The third kappa shape index (κ3) is 4.67. The third-order valence-electron chi connectivity index (χ3n) is 6.56. The van der Waals surface area contributed by atoms with Gasteiger partial charge in [-0.3, -0.25) is 9.59 Å². The Balaban J connectivity index is 1.43. The van der Waals surface area contributed by atoms with Gasteiger partial charge in [-0.25, -0.2) is 19.0 Å². The number of para-hydroxylation sites is 1. The van der Waals surface area contributed by atoms with Gasteiger partial charge in [0.1, 0.15) is 29.4 Å². The summed E-state index contributed by atoms with van der Waals surface area (Å²) in [6, 6.07) is 11.4. The highest BCUT2D eigenvalue weighted by Crippen LogP contribution is 2.34. The molecule has 0 spiro atoms. The van der Waals surface area contributed by atoms with Gasteiger partial charge in [0.05, 0.1) is 24.1 Å². The Morgan fingerprint density at radius 1 is 1.27 bits per heavy atom. The molecule has 0 bridgehead atoms. The van der Waals surface area contributed by atoms with Crippen LogP contribution in [-0.2, 0) is 11.3 Å². The molecule has 2 aromatic heterocycles. The molecule has 37 heavy (non-hydrogen) atoms. The van der Waals surface area contributed by atoms with Gasteiger partial charge in [-0.05, 0) is 31.0 Å². The maximum absolute atomic E-state index is 15.2. The number of aromatic nitrogens is 4. The van der Waals surface area contributed by atoms with Crippen LogP contribution in [0.4, 0.5) is 10.2 Å². The number of rotatable bonds is 7. The minimum Gasteiger partial charge on any atom is -0.496 e. The van der Waals surface area contributed by atoms with Crippen LogP contribution < -0.4 is 15.8 Å². The topological polar surface area (TPSA) is 128 Å². The van der Waals surface area contributed by atoms with Crippen molar-refractivity contribution >= 4 is 29.2 Å². The van der Waals surface area contributed by atoms with Crippen LogP contribution in [0, 0.1) is 5.82 Å². The number of benzene rings is 2. The molecule has 4 aromatic rings. The van der Waals surface area contributed by atoms with Crippen molar-refractivity contribution in [3.63, 3.8) is 0 Å². The lowest BCUT2D eigenvalue weighted by Crippen LogP contribution is -2.36. The zero-order chi connectivity index (χ0) is 25.9. The molecule has 0 aliphatic carbocycles. The first-order chi connectivity index (χ1) is 18.0. The predicted molar refractivity (Wildman–Crippen MR) is 135 cm³/mol. The number of nitrogens with two attached hydrogens (primary N) is 1. The summed E-state index contributed by atoms with van der Waals surface area (Å²) < 4.78 is 22.2. The lowest BCUT2D eigenvalue weighted by atomic mass is 10.1. The second kappa shape index (κ2) is 10.2. The molecular formula is C26H26FN7O3. The van der Waals surface area contributed by atoms with E-state index >= 15 is 4.39 Å². The number of amides is 2. The van der Waals surface area contributed by atoms with E-state index in [0.717, 1.165) is 19.3 Å². The summed E-state index contributed by atoms with van der Waals surface area (Å²) in [5.41, 5.74) is 8.38. The Bertz CT molecular complexity index is 1470. The van der Waals surface area contributed by atoms with E-state index in [-0.39, 0.29) is 24.3 Å². The van der Waals surface area contributed by atoms with Gasteiger partial charge in [-0.15, -0.1) is 0 Å². The van der Waals surface area contributed by atoms with E-state index in [1.807, 2.05) is 0 Å². The van der Waals surface area contributed by atoms with Crippen LogP contribution in [0.25, 0.3) is 22.3 Å². The molecule has 1 fully saturated rings. The molecule has 2 amide bonds. The summed E-state index contributed by atoms with van der Waals surface area (Å²) >= 11 is 0. The average molecular weight is 504 g/mol. The molecule has 3 N–H and O–H groups in total. The van der Waals surface area contributed by atoms with Crippen molar-refractivity contribution < 1.29 is 18.7 Å². The number of likely N-dealkylation sites (tertiary alicyclic amines) is 1. The number of nitrogens with zero attached hydrogens (tertiary/aromatic N) is 5. The average Bonchev–Trinajstić information content (AvgIpc) is 3.33. The molecule has 10 nitrogen and oxygen atoms in total. The third-order valence-corrected chi connectivity index (χ3v) is 6.56. The molecule has 1 atom stereocenters. The highest BCUT2D eigenvalue weighted by atomic mass is 19.1. The second-order valence-electron chi connectivity index (χ2n) is 8.84. The molecule has 0 radical (unpaired) electrons. The molecule has 11 heteroatoms. The summed E-state index contributed by atoms with van der Waals surface area (Å²) in [5, 5.41) is 8.02. The van der Waals surface area contributed by atoms with Crippen molar-refractivity contribution in [1.29, 1.82) is 0 Å². The fourth-order valence-electron chi connectivity index (χ4n) is 4.67. The fourth-order valence-corrected chi connectivity index (χ4v) is 4.67. The Labute approximate surface area is 212 Å². The normalized spacial score (nSPS) is 15.5. The van der Waals surface area contributed by atoms with Crippen LogP contribution >= 0.6 is 0 Å². The number of hydrogen-bond donors (Lipinski definition) is 2. The van der Waals surface area contributed by atoms with Crippen molar-refractivity contribution in [2.45, 2.75) is 25.4 Å². The van der Waals surface area contributed by atoms with Crippen LogP contribution in [0.3, 0.4) is 0 Å². The predicted octanol–water partition coefficient (Wildman–Crippen LogP) is 2.95. The smallest absolute Gasteiger partial charge is 0.255 e. The zero-order valence-corrected chi connectivity index (χ0v) is 20.2. The largest absolute Gasteiger partial charge is 0.496 e. The molecule has 1 unspecified atom stereocenters. The van der Waals surface area contributed by atoms with Crippen LogP contribution in [0.1, 0.15) is 34.8 Å². The van der Waals surface area contributed by atoms with E-state index in [1.165, 1.54) is 19.5 Å². The first kappa shape index (κ1) is 24.2. The Morgan fingerprint density at radius 3 is 2.89 bits per heavy atom. The van der Waals surface area contributed by atoms with E-state index in [9.17, 15) is 9.59 Å². The lowest BCUT2D eigenvalue weighted by Gasteiger charge is -2.30.